The minimum Gasteiger partial charge on any atom is -0.378 e. The summed E-state index contributed by atoms with van der Waals surface area (Å²) in [5.41, 5.74) is 0. The van der Waals surface area contributed by atoms with Gasteiger partial charge in [-0.15, -0.1) is 0 Å². The fraction of sp³-hybridized carbons (Fsp3) is 0.833. The number of ether oxygens (including phenoxy) is 1. The highest BCUT2D eigenvalue weighted by Gasteiger charge is 2.21. The largest absolute Gasteiger partial charge is 0.378 e. The summed E-state index contributed by atoms with van der Waals surface area (Å²) >= 11 is 0. The Morgan fingerprint density at radius 3 is 3.00 bits per heavy atom. The molecule has 1 aromatic rings. The third kappa shape index (κ3) is 2.84. The molecule has 5 heteroatoms. The van der Waals surface area contributed by atoms with Gasteiger partial charge in [0.1, 0.15) is 0 Å². The summed E-state index contributed by atoms with van der Waals surface area (Å²) in [4.78, 5) is 4.44. The molecular formula is C12H19N3O2. The molecule has 2 aliphatic heterocycles. The van der Waals surface area contributed by atoms with E-state index in [0.717, 1.165) is 50.6 Å². The molecule has 94 valence electrons. The Labute approximate surface area is 101 Å². The first-order valence-corrected chi connectivity index (χ1v) is 6.56. The summed E-state index contributed by atoms with van der Waals surface area (Å²) in [5, 5.41) is 7.46. The van der Waals surface area contributed by atoms with Crippen LogP contribution in [0.5, 0.6) is 0 Å². The van der Waals surface area contributed by atoms with Gasteiger partial charge < -0.3 is 14.6 Å². The van der Waals surface area contributed by atoms with Gasteiger partial charge >= 0.3 is 0 Å². The number of rotatable bonds is 4. The monoisotopic (exact) mass is 237 g/mol. The molecule has 0 spiro atoms. The molecular weight excluding hydrogens is 218 g/mol. The van der Waals surface area contributed by atoms with Gasteiger partial charge in [0.05, 0.1) is 6.10 Å². The van der Waals surface area contributed by atoms with Crippen molar-refractivity contribution in [2.75, 3.05) is 13.2 Å². The van der Waals surface area contributed by atoms with Crippen LogP contribution in [0.25, 0.3) is 0 Å². The van der Waals surface area contributed by atoms with Crippen LogP contribution in [0.3, 0.4) is 0 Å². The molecule has 0 aromatic carbocycles. The Kier molecular flexibility index (Phi) is 3.38. The number of hydrogen-bond donors (Lipinski definition) is 1. The van der Waals surface area contributed by atoms with Gasteiger partial charge in [-0.25, -0.2) is 0 Å². The molecule has 0 bridgehead atoms. The molecule has 3 rings (SSSR count). The first-order chi connectivity index (χ1) is 8.40. The summed E-state index contributed by atoms with van der Waals surface area (Å²) in [6.45, 7) is 1.99. The molecule has 2 fully saturated rings. The van der Waals surface area contributed by atoms with E-state index in [1.165, 1.54) is 12.8 Å². The standard InChI is InChI=1S/C12H19N3O2/c1-3-9(13-5-1)7-12-14-11(15-17-12)8-10-4-2-6-16-10/h9-10,13H,1-8H2. The van der Waals surface area contributed by atoms with Crippen molar-refractivity contribution in [2.45, 2.75) is 50.7 Å². The van der Waals surface area contributed by atoms with Crippen LogP contribution < -0.4 is 5.32 Å². The van der Waals surface area contributed by atoms with Crippen molar-refractivity contribution in [3.8, 4) is 0 Å². The zero-order valence-corrected chi connectivity index (χ0v) is 10.0. The van der Waals surface area contributed by atoms with E-state index < -0.39 is 0 Å². The van der Waals surface area contributed by atoms with Crippen molar-refractivity contribution in [1.29, 1.82) is 0 Å². The van der Waals surface area contributed by atoms with E-state index in [4.69, 9.17) is 9.26 Å². The Hall–Kier alpha value is -0.940. The minimum atomic E-state index is 0.296. The summed E-state index contributed by atoms with van der Waals surface area (Å²) in [5.74, 6) is 1.56. The van der Waals surface area contributed by atoms with E-state index in [1.807, 2.05) is 0 Å². The van der Waals surface area contributed by atoms with Crippen LogP contribution in [0.1, 0.15) is 37.4 Å². The highest BCUT2D eigenvalue weighted by Crippen LogP contribution is 2.16. The summed E-state index contributed by atoms with van der Waals surface area (Å²) in [6, 6.07) is 0.519. The molecule has 0 saturated carbocycles. The third-order valence-electron chi connectivity index (χ3n) is 3.53. The van der Waals surface area contributed by atoms with Crippen molar-refractivity contribution in [3.05, 3.63) is 11.7 Å². The average molecular weight is 237 g/mol. The maximum absolute atomic E-state index is 5.57. The van der Waals surface area contributed by atoms with Crippen LogP contribution in [0.4, 0.5) is 0 Å². The summed E-state index contributed by atoms with van der Waals surface area (Å²) in [6.07, 6.45) is 6.69. The van der Waals surface area contributed by atoms with Crippen molar-refractivity contribution in [1.82, 2.24) is 15.5 Å². The molecule has 0 radical (unpaired) electrons. The second-order valence-electron chi connectivity index (χ2n) is 4.94. The molecule has 2 saturated heterocycles. The van der Waals surface area contributed by atoms with E-state index >= 15 is 0 Å². The lowest BCUT2D eigenvalue weighted by atomic mass is 10.1. The number of aromatic nitrogens is 2. The highest BCUT2D eigenvalue weighted by molar-refractivity contribution is 4.93. The van der Waals surface area contributed by atoms with Crippen LogP contribution >= 0.6 is 0 Å². The normalized spacial score (nSPS) is 28.9. The van der Waals surface area contributed by atoms with Crippen LogP contribution in [-0.2, 0) is 17.6 Å². The maximum atomic E-state index is 5.57. The highest BCUT2D eigenvalue weighted by atomic mass is 16.5. The molecule has 2 aliphatic rings. The molecule has 2 atom stereocenters. The van der Waals surface area contributed by atoms with Crippen LogP contribution in [-0.4, -0.2) is 35.4 Å². The Bertz CT molecular complexity index is 322. The van der Waals surface area contributed by atoms with Gasteiger partial charge in [-0.2, -0.15) is 4.98 Å². The van der Waals surface area contributed by atoms with E-state index in [1.54, 1.807) is 0 Å². The number of nitrogens with zero attached hydrogens (tertiary/aromatic N) is 2. The van der Waals surface area contributed by atoms with Crippen molar-refractivity contribution >= 4 is 0 Å². The third-order valence-corrected chi connectivity index (χ3v) is 3.53. The zero-order chi connectivity index (χ0) is 11.5. The number of nitrogens with one attached hydrogen (secondary N) is 1. The van der Waals surface area contributed by atoms with Crippen molar-refractivity contribution in [2.24, 2.45) is 0 Å². The van der Waals surface area contributed by atoms with Crippen LogP contribution in [0.15, 0.2) is 4.52 Å². The van der Waals surface area contributed by atoms with Crippen molar-refractivity contribution < 1.29 is 9.26 Å². The summed E-state index contributed by atoms with van der Waals surface area (Å²) < 4.78 is 10.8. The number of hydrogen-bond acceptors (Lipinski definition) is 5. The quantitative estimate of drug-likeness (QED) is 0.849. The van der Waals surface area contributed by atoms with Gasteiger partial charge in [-0.1, -0.05) is 5.16 Å². The molecule has 0 amide bonds. The molecule has 2 unspecified atom stereocenters. The second-order valence-corrected chi connectivity index (χ2v) is 4.94. The van der Waals surface area contributed by atoms with Gasteiger partial charge in [0.2, 0.25) is 5.89 Å². The summed E-state index contributed by atoms with van der Waals surface area (Å²) in [7, 11) is 0. The predicted octanol–water partition coefficient (Wildman–Crippen LogP) is 1.09. The van der Waals surface area contributed by atoms with Gasteiger partial charge in [0.15, 0.2) is 5.82 Å². The molecule has 1 aromatic heterocycles. The molecule has 3 heterocycles. The lowest BCUT2D eigenvalue weighted by Crippen LogP contribution is -2.23. The first-order valence-electron chi connectivity index (χ1n) is 6.56. The molecule has 0 aliphatic carbocycles. The molecule has 1 N–H and O–H groups in total. The predicted molar refractivity (Wildman–Crippen MR) is 61.7 cm³/mol. The van der Waals surface area contributed by atoms with Crippen LogP contribution in [0.2, 0.25) is 0 Å². The van der Waals surface area contributed by atoms with Gasteiger partial charge in [0, 0.05) is 25.5 Å². The maximum Gasteiger partial charge on any atom is 0.228 e. The van der Waals surface area contributed by atoms with E-state index in [9.17, 15) is 0 Å². The molecule has 5 nitrogen and oxygen atoms in total. The fourth-order valence-corrected chi connectivity index (χ4v) is 2.61. The first kappa shape index (κ1) is 11.2. The second kappa shape index (κ2) is 5.14. The lowest BCUT2D eigenvalue weighted by Gasteiger charge is -2.05. The zero-order valence-electron chi connectivity index (χ0n) is 10.0. The van der Waals surface area contributed by atoms with Gasteiger partial charge in [-0.3, -0.25) is 0 Å². The van der Waals surface area contributed by atoms with Crippen LogP contribution in [0, 0.1) is 0 Å². The SMILES string of the molecule is C1CNC(Cc2nc(CC3CCCO3)no2)C1. The molecule has 17 heavy (non-hydrogen) atoms. The topological polar surface area (TPSA) is 60.2 Å². The Balaban J connectivity index is 1.54. The lowest BCUT2D eigenvalue weighted by molar-refractivity contribution is 0.109. The smallest absolute Gasteiger partial charge is 0.228 e. The Morgan fingerprint density at radius 2 is 2.24 bits per heavy atom. The average Bonchev–Trinajstić information content (AvgIpc) is 3.02. The van der Waals surface area contributed by atoms with E-state index in [-0.39, 0.29) is 0 Å². The van der Waals surface area contributed by atoms with Gasteiger partial charge in [-0.05, 0) is 32.2 Å². The van der Waals surface area contributed by atoms with Crippen molar-refractivity contribution in [3.63, 3.8) is 0 Å². The fourth-order valence-electron chi connectivity index (χ4n) is 2.61. The Morgan fingerprint density at radius 1 is 1.24 bits per heavy atom. The minimum absolute atomic E-state index is 0.296. The van der Waals surface area contributed by atoms with E-state index in [2.05, 4.69) is 15.5 Å². The van der Waals surface area contributed by atoms with E-state index in [0.29, 0.717) is 12.1 Å². The van der Waals surface area contributed by atoms with Gasteiger partial charge in [0.25, 0.3) is 0 Å².